The first-order chi connectivity index (χ1) is 6.34. The number of nitrogens with one attached hydrogen (secondary N) is 1. The summed E-state index contributed by atoms with van der Waals surface area (Å²) in [5, 5.41) is 1.87. The van der Waals surface area contributed by atoms with Gasteiger partial charge in [0, 0.05) is 17.5 Å². The minimum Gasteiger partial charge on any atom is -0.316 e. The molecule has 66 valence electrons. The summed E-state index contributed by atoms with van der Waals surface area (Å²) in [6, 6.07) is 10.1. The molecule has 0 amide bonds. The maximum absolute atomic E-state index is 10.8. The molecule has 1 aromatic carbocycles. The quantitative estimate of drug-likeness (QED) is 0.774. The van der Waals surface area contributed by atoms with Crippen LogP contribution in [-0.4, -0.2) is 4.98 Å². The van der Waals surface area contributed by atoms with Gasteiger partial charge in [-0.3, -0.25) is 4.79 Å². The van der Waals surface area contributed by atoms with E-state index in [1.54, 1.807) is 0 Å². The Morgan fingerprint density at radius 3 is 2.62 bits per heavy atom. The highest BCUT2D eigenvalue weighted by atomic mass is 32.1. The fraction of sp³-hybridized carbons (Fsp3) is 0.100. The molecule has 0 spiro atoms. The zero-order valence-corrected chi connectivity index (χ0v) is 7.80. The van der Waals surface area contributed by atoms with Crippen molar-refractivity contribution in [2.75, 3.05) is 0 Å². The molecule has 0 atom stereocenters. The summed E-state index contributed by atoms with van der Waals surface area (Å²) in [5.74, 6) is 0. The first-order valence-corrected chi connectivity index (χ1v) is 4.93. The smallest absolute Gasteiger partial charge is 0.304 e. The molecule has 0 aliphatic heterocycles. The van der Waals surface area contributed by atoms with Gasteiger partial charge in [0.15, 0.2) is 0 Å². The number of benzene rings is 1. The lowest BCUT2D eigenvalue weighted by molar-refractivity contribution is 1.09. The van der Waals surface area contributed by atoms with Crippen molar-refractivity contribution < 1.29 is 0 Å². The summed E-state index contributed by atoms with van der Waals surface area (Å²) in [7, 11) is 0. The second kappa shape index (κ2) is 3.58. The normalized spacial score (nSPS) is 10.2. The van der Waals surface area contributed by atoms with E-state index in [4.69, 9.17) is 0 Å². The molecule has 0 bridgehead atoms. The van der Waals surface area contributed by atoms with Gasteiger partial charge in [0.05, 0.1) is 0 Å². The highest BCUT2D eigenvalue weighted by Crippen LogP contribution is 2.06. The van der Waals surface area contributed by atoms with Crippen molar-refractivity contribution in [1.29, 1.82) is 0 Å². The molecule has 2 aromatic rings. The van der Waals surface area contributed by atoms with E-state index in [1.165, 1.54) is 16.9 Å². The van der Waals surface area contributed by atoms with Crippen molar-refractivity contribution in [1.82, 2.24) is 4.98 Å². The third-order valence-corrected chi connectivity index (χ3v) is 2.53. The zero-order chi connectivity index (χ0) is 9.10. The third-order valence-electron chi connectivity index (χ3n) is 1.81. The molecule has 13 heavy (non-hydrogen) atoms. The fourth-order valence-corrected chi connectivity index (χ4v) is 1.80. The van der Waals surface area contributed by atoms with Crippen LogP contribution in [0.3, 0.4) is 0 Å². The van der Waals surface area contributed by atoms with Crippen LogP contribution in [0.15, 0.2) is 40.5 Å². The third kappa shape index (κ3) is 2.06. The molecule has 0 fully saturated rings. The Morgan fingerprint density at radius 2 is 2.00 bits per heavy atom. The topological polar surface area (TPSA) is 32.9 Å². The number of thiazole rings is 1. The molecule has 2 nitrogen and oxygen atoms in total. The molecule has 0 aliphatic carbocycles. The van der Waals surface area contributed by atoms with Gasteiger partial charge in [-0.25, -0.2) is 0 Å². The fourth-order valence-electron chi connectivity index (χ4n) is 1.22. The molecule has 0 saturated heterocycles. The van der Waals surface area contributed by atoms with Crippen LogP contribution in [0.25, 0.3) is 0 Å². The molecule has 3 heteroatoms. The van der Waals surface area contributed by atoms with E-state index in [1.807, 2.05) is 23.6 Å². The van der Waals surface area contributed by atoms with Crippen molar-refractivity contribution in [2.45, 2.75) is 6.42 Å². The first kappa shape index (κ1) is 8.26. The summed E-state index contributed by atoms with van der Waals surface area (Å²) in [5.41, 5.74) is 2.21. The number of aromatic amines is 1. The number of hydrogen-bond donors (Lipinski definition) is 1. The molecular formula is C10H9NOS. The van der Waals surface area contributed by atoms with Crippen LogP contribution < -0.4 is 4.87 Å². The number of hydrogen-bond acceptors (Lipinski definition) is 2. The van der Waals surface area contributed by atoms with E-state index in [0.717, 1.165) is 12.1 Å². The van der Waals surface area contributed by atoms with Crippen LogP contribution in [0.2, 0.25) is 0 Å². The molecule has 0 saturated carbocycles. The number of aromatic nitrogens is 1. The second-order valence-electron chi connectivity index (χ2n) is 2.84. The Balaban J connectivity index is 2.20. The number of H-pyrrole nitrogens is 1. The molecular weight excluding hydrogens is 182 g/mol. The largest absolute Gasteiger partial charge is 0.316 e. The van der Waals surface area contributed by atoms with Gasteiger partial charge in [-0.05, 0) is 5.56 Å². The van der Waals surface area contributed by atoms with E-state index >= 15 is 0 Å². The maximum Gasteiger partial charge on any atom is 0.304 e. The Bertz CT molecular complexity index is 429. The summed E-state index contributed by atoms with van der Waals surface area (Å²) in [6.07, 6.45) is 0.805. The summed E-state index contributed by atoms with van der Waals surface area (Å²) >= 11 is 1.21. The Labute approximate surface area is 79.9 Å². The lowest BCUT2D eigenvalue weighted by atomic mass is 10.1. The minimum atomic E-state index is 0.0194. The molecule has 0 aliphatic rings. The molecule has 0 radical (unpaired) electrons. The van der Waals surface area contributed by atoms with Gasteiger partial charge in [0.1, 0.15) is 0 Å². The standard InChI is InChI=1S/C10H9NOS/c12-10-11-9(7-13-10)6-8-4-2-1-3-5-8/h1-5,7H,6H2,(H,11,12). The van der Waals surface area contributed by atoms with Crippen LogP contribution in [-0.2, 0) is 6.42 Å². The SMILES string of the molecule is O=c1[nH]c(Cc2ccccc2)cs1. The highest BCUT2D eigenvalue weighted by molar-refractivity contribution is 7.07. The van der Waals surface area contributed by atoms with Crippen LogP contribution in [0.1, 0.15) is 11.3 Å². The Kier molecular flexibility index (Phi) is 2.27. The van der Waals surface area contributed by atoms with Crippen molar-refractivity contribution in [3.63, 3.8) is 0 Å². The maximum atomic E-state index is 10.8. The van der Waals surface area contributed by atoms with Crippen LogP contribution in [0.4, 0.5) is 0 Å². The second-order valence-corrected chi connectivity index (χ2v) is 3.68. The molecule has 2 rings (SSSR count). The van der Waals surface area contributed by atoms with Gasteiger partial charge in [-0.1, -0.05) is 41.7 Å². The van der Waals surface area contributed by atoms with Gasteiger partial charge in [0.25, 0.3) is 0 Å². The predicted molar refractivity (Wildman–Crippen MR) is 54.2 cm³/mol. The monoisotopic (exact) mass is 191 g/mol. The van der Waals surface area contributed by atoms with Crippen molar-refractivity contribution in [2.24, 2.45) is 0 Å². The average Bonchev–Trinajstić information content (AvgIpc) is 2.53. The van der Waals surface area contributed by atoms with E-state index in [-0.39, 0.29) is 4.87 Å². The van der Waals surface area contributed by atoms with Gasteiger partial charge in [-0.15, -0.1) is 0 Å². The lowest BCUT2D eigenvalue weighted by Crippen LogP contribution is -1.95. The van der Waals surface area contributed by atoms with E-state index in [9.17, 15) is 4.79 Å². The van der Waals surface area contributed by atoms with Crippen molar-refractivity contribution in [3.8, 4) is 0 Å². The Morgan fingerprint density at radius 1 is 1.23 bits per heavy atom. The Hall–Kier alpha value is -1.35. The summed E-state index contributed by atoms with van der Waals surface area (Å²) < 4.78 is 0. The predicted octanol–water partition coefficient (Wildman–Crippen LogP) is 2.03. The average molecular weight is 191 g/mol. The van der Waals surface area contributed by atoms with Crippen LogP contribution in [0, 0.1) is 0 Å². The summed E-state index contributed by atoms with van der Waals surface area (Å²) in [6.45, 7) is 0. The highest BCUT2D eigenvalue weighted by Gasteiger charge is 1.97. The number of rotatable bonds is 2. The van der Waals surface area contributed by atoms with E-state index < -0.39 is 0 Å². The van der Waals surface area contributed by atoms with Crippen LogP contribution in [0.5, 0.6) is 0 Å². The van der Waals surface area contributed by atoms with E-state index in [2.05, 4.69) is 17.1 Å². The molecule has 1 aromatic heterocycles. The van der Waals surface area contributed by atoms with E-state index in [0.29, 0.717) is 0 Å². The van der Waals surface area contributed by atoms with Crippen LogP contribution >= 0.6 is 11.3 Å². The first-order valence-electron chi connectivity index (χ1n) is 4.05. The van der Waals surface area contributed by atoms with Crippen molar-refractivity contribution >= 4 is 11.3 Å². The molecule has 0 unspecified atom stereocenters. The minimum absolute atomic E-state index is 0.0194. The van der Waals surface area contributed by atoms with Crippen molar-refractivity contribution in [3.05, 3.63) is 56.6 Å². The van der Waals surface area contributed by atoms with Gasteiger partial charge in [-0.2, -0.15) is 0 Å². The summed E-state index contributed by atoms with van der Waals surface area (Å²) in [4.78, 5) is 13.7. The lowest BCUT2D eigenvalue weighted by Gasteiger charge is -1.96. The molecule has 1 N–H and O–H groups in total. The van der Waals surface area contributed by atoms with Gasteiger partial charge < -0.3 is 4.98 Å². The zero-order valence-electron chi connectivity index (χ0n) is 6.99. The van der Waals surface area contributed by atoms with Gasteiger partial charge in [0.2, 0.25) is 0 Å². The van der Waals surface area contributed by atoms with Gasteiger partial charge >= 0.3 is 4.87 Å². The molecule has 1 heterocycles.